The zero-order valence-corrected chi connectivity index (χ0v) is 16.0. The number of fused-ring (bicyclic) bond motifs is 1. The van der Waals surface area contributed by atoms with Crippen LogP contribution in [0.25, 0.3) is 16.6 Å². The quantitative estimate of drug-likeness (QED) is 0.504. The Labute approximate surface area is 168 Å². The molecule has 0 fully saturated rings. The monoisotopic (exact) mass is 388 g/mol. The van der Waals surface area contributed by atoms with Crippen LogP contribution in [0.3, 0.4) is 0 Å². The van der Waals surface area contributed by atoms with E-state index in [1.807, 2.05) is 77.3 Å². The second-order valence-electron chi connectivity index (χ2n) is 7.08. The molecule has 1 aromatic heterocycles. The Morgan fingerprint density at radius 2 is 1.66 bits per heavy atom. The number of carboxylic acids is 1. The number of hydrogen-bond acceptors (Lipinski definition) is 2. The second-order valence-corrected chi connectivity index (χ2v) is 7.08. The smallest absolute Gasteiger partial charge is 0.307 e. The van der Waals surface area contributed by atoms with Crippen LogP contribution in [-0.4, -0.2) is 22.7 Å². The molecule has 0 saturated heterocycles. The summed E-state index contributed by atoms with van der Waals surface area (Å²) >= 11 is 0. The maximum Gasteiger partial charge on any atom is 0.307 e. The second kappa shape index (κ2) is 7.80. The average molecular weight is 388 g/mol. The third kappa shape index (κ3) is 3.85. The molecule has 0 aliphatic rings. The van der Waals surface area contributed by atoms with E-state index < -0.39 is 5.97 Å². The molecular formula is C24H21FN2O2. The molecule has 146 valence electrons. The average Bonchev–Trinajstić information content (AvgIpc) is 3.08. The summed E-state index contributed by atoms with van der Waals surface area (Å²) in [6.45, 7) is 0.473. The van der Waals surface area contributed by atoms with Gasteiger partial charge in [0.05, 0.1) is 11.9 Å². The van der Waals surface area contributed by atoms with Crippen LogP contribution in [0.2, 0.25) is 0 Å². The number of carboxylic acid groups (broad SMARTS) is 1. The molecule has 5 heteroatoms. The van der Waals surface area contributed by atoms with Crippen molar-refractivity contribution in [2.75, 3.05) is 11.9 Å². The van der Waals surface area contributed by atoms with E-state index in [1.54, 1.807) is 12.1 Å². The normalized spacial score (nSPS) is 11.0. The number of aromatic nitrogens is 1. The van der Waals surface area contributed by atoms with Gasteiger partial charge in [-0.2, -0.15) is 0 Å². The Hall–Kier alpha value is -3.60. The number of anilines is 1. The van der Waals surface area contributed by atoms with E-state index in [0.717, 1.165) is 27.8 Å². The summed E-state index contributed by atoms with van der Waals surface area (Å²) in [6, 6.07) is 22.5. The predicted molar refractivity (Wildman–Crippen MR) is 113 cm³/mol. The molecule has 0 bridgehead atoms. The first kappa shape index (κ1) is 18.7. The molecule has 0 aliphatic heterocycles. The SMILES string of the molecule is CN(Cc1ccccc1F)c1ccc(-n2cc(CC(=O)O)c3ccccc32)cc1. The van der Waals surface area contributed by atoms with E-state index in [0.29, 0.717) is 12.1 Å². The topological polar surface area (TPSA) is 45.5 Å². The Kier molecular flexibility index (Phi) is 5.04. The van der Waals surface area contributed by atoms with Gasteiger partial charge in [-0.15, -0.1) is 0 Å². The number of halogens is 1. The van der Waals surface area contributed by atoms with Crippen molar-refractivity contribution in [2.45, 2.75) is 13.0 Å². The summed E-state index contributed by atoms with van der Waals surface area (Å²) < 4.78 is 15.9. The van der Waals surface area contributed by atoms with Gasteiger partial charge in [-0.05, 0) is 42.0 Å². The van der Waals surface area contributed by atoms with Crippen LogP contribution in [-0.2, 0) is 17.8 Å². The maximum atomic E-state index is 13.9. The van der Waals surface area contributed by atoms with Gasteiger partial charge >= 0.3 is 5.97 Å². The Balaban J connectivity index is 1.63. The van der Waals surface area contributed by atoms with Gasteiger partial charge in [0.2, 0.25) is 0 Å². The van der Waals surface area contributed by atoms with Crippen molar-refractivity contribution in [1.29, 1.82) is 0 Å². The first-order valence-corrected chi connectivity index (χ1v) is 9.38. The number of para-hydroxylation sites is 1. The number of benzene rings is 3. The van der Waals surface area contributed by atoms with E-state index in [1.165, 1.54) is 6.07 Å². The standard InChI is InChI=1S/C24H21FN2O2/c1-26(15-17-6-2-4-8-22(17)25)19-10-12-20(13-11-19)27-16-18(14-24(28)29)21-7-3-5-9-23(21)27/h2-13,16H,14-15H2,1H3,(H,28,29). The Morgan fingerprint density at radius 3 is 2.38 bits per heavy atom. The molecule has 0 spiro atoms. The molecular weight excluding hydrogens is 367 g/mol. The largest absolute Gasteiger partial charge is 0.481 e. The van der Waals surface area contributed by atoms with E-state index in [2.05, 4.69) is 0 Å². The highest BCUT2D eigenvalue weighted by atomic mass is 19.1. The minimum atomic E-state index is -0.849. The van der Waals surface area contributed by atoms with Gasteiger partial charge < -0.3 is 14.6 Å². The van der Waals surface area contributed by atoms with Crippen molar-refractivity contribution in [3.8, 4) is 5.69 Å². The van der Waals surface area contributed by atoms with Crippen molar-refractivity contribution in [3.05, 3.63) is 95.9 Å². The maximum absolute atomic E-state index is 13.9. The molecule has 3 aromatic carbocycles. The van der Waals surface area contributed by atoms with Crippen molar-refractivity contribution in [3.63, 3.8) is 0 Å². The summed E-state index contributed by atoms with van der Waals surface area (Å²) in [7, 11) is 1.93. The molecule has 0 radical (unpaired) electrons. The van der Waals surface area contributed by atoms with Gasteiger partial charge in [-0.25, -0.2) is 4.39 Å². The Morgan fingerprint density at radius 1 is 0.966 bits per heavy atom. The lowest BCUT2D eigenvalue weighted by Crippen LogP contribution is -2.17. The molecule has 0 atom stereocenters. The lowest BCUT2D eigenvalue weighted by atomic mass is 10.1. The van der Waals surface area contributed by atoms with Gasteiger partial charge in [0.15, 0.2) is 0 Å². The zero-order valence-electron chi connectivity index (χ0n) is 16.0. The van der Waals surface area contributed by atoms with Crippen LogP contribution in [0.4, 0.5) is 10.1 Å². The van der Waals surface area contributed by atoms with E-state index in [4.69, 9.17) is 0 Å². The van der Waals surface area contributed by atoms with Gasteiger partial charge in [-0.1, -0.05) is 36.4 Å². The highest BCUT2D eigenvalue weighted by Crippen LogP contribution is 2.27. The van der Waals surface area contributed by atoms with Crippen LogP contribution in [0, 0.1) is 5.82 Å². The lowest BCUT2D eigenvalue weighted by Gasteiger charge is -2.20. The summed E-state index contributed by atoms with van der Waals surface area (Å²) in [6.07, 6.45) is 1.87. The summed E-state index contributed by atoms with van der Waals surface area (Å²) in [5, 5.41) is 10.1. The molecule has 4 aromatic rings. The predicted octanol–water partition coefficient (Wildman–Crippen LogP) is 5.03. The third-order valence-electron chi connectivity index (χ3n) is 5.07. The summed E-state index contributed by atoms with van der Waals surface area (Å²) in [5.74, 6) is -1.06. The minimum absolute atomic E-state index is 0.0169. The fourth-order valence-electron chi connectivity index (χ4n) is 3.61. The molecule has 4 rings (SSSR count). The highest BCUT2D eigenvalue weighted by molar-refractivity contribution is 5.88. The van der Waals surface area contributed by atoms with Crippen LogP contribution >= 0.6 is 0 Å². The molecule has 0 unspecified atom stereocenters. The zero-order chi connectivity index (χ0) is 20.4. The van der Waals surface area contributed by atoms with Crippen molar-refractivity contribution < 1.29 is 14.3 Å². The molecule has 0 aliphatic carbocycles. The van der Waals surface area contributed by atoms with E-state index >= 15 is 0 Å². The highest BCUT2D eigenvalue weighted by Gasteiger charge is 2.12. The number of nitrogens with zero attached hydrogens (tertiary/aromatic N) is 2. The van der Waals surface area contributed by atoms with Crippen LogP contribution in [0.15, 0.2) is 79.0 Å². The molecule has 0 saturated carbocycles. The van der Waals surface area contributed by atoms with Crippen LogP contribution in [0.1, 0.15) is 11.1 Å². The number of rotatable bonds is 6. The van der Waals surface area contributed by atoms with E-state index in [-0.39, 0.29) is 12.2 Å². The summed E-state index contributed by atoms with van der Waals surface area (Å²) in [5.41, 5.74) is 4.32. The summed E-state index contributed by atoms with van der Waals surface area (Å²) in [4.78, 5) is 13.2. The van der Waals surface area contributed by atoms with Gasteiger partial charge in [-0.3, -0.25) is 4.79 Å². The van der Waals surface area contributed by atoms with Gasteiger partial charge in [0.1, 0.15) is 5.82 Å². The van der Waals surface area contributed by atoms with E-state index in [9.17, 15) is 14.3 Å². The molecule has 29 heavy (non-hydrogen) atoms. The first-order valence-electron chi connectivity index (χ1n) is 9.38. The molecule has 1 N–H and O–H groups in total. The van der Waals surface area contributed by atoms with Gasteiger partial charge in [0.25, 0.3) is 0 Å². The fourth-order valence-corrected chi connectivity index (χ4v) is 3.61. The number of hydrogen-bond donors (Lipinski definition) is 1. The lowest BCUT2D eigenvalue weighted by molar-refractivity contribution is -0.136. The minimum Gasteiger partial charge on any atom is -0.481 e. The van der Waals surface area contributed by atoms with Crippen molar-refractivity contribution in [2.24, 2.45) is 0 Å². The third-order valence-corrected chi connectivity index (χ3v) is 5.07. The fraction of sp³-hybridized carbons (Fsp3) is 0.125. The van der Waals surface area contributed by atoms with Crippen molar-refractivity contribution in [1.82, 2.24) is 4.57 Å². The van der Waals surface area contributed by atoms with Crippen molar-refractivity contribution >= 4 is 22.6 Å². The van der Waals surface area contributed by atoms with Gasteiger partial charge in [0, 0.05) is 42.1 Å². The van der Waals surface area contributed by atoms with Crippen LogP contribution < -0.4 is 4.90 Å². The Bertz CT molecular complexity index is 1170. The molecule has 4 nitrogen and oxygen atoms in total. The first-order chi connectivity index (χ1) is 14.0. The van der Waals surface area contributed by atoms with Crippen LogP contribution in [0.5, 0.6) is 0 Å². The number of aliphatic carboxylic acids is 1. The molecule has 1 heterocycles. The number of carbonyl (C=O) groups is 1. The molecule has 0 amide bonds.